The molecule has 19 heavy (non-hydrogen) atoms. The van der Waals surface area contributed by atoms with Gasteiger partial charge in [-0.05, 0) is 19.3 Å². The minimum Gasteiger partial charge on any atom is -0.393 e. The zero-order chi connectivity index (χ0) is 14.3. The van der Waals surface area contributed by atoms with Gasteiger partial charge in [-0.3, -0.25) is 4.79 Å². The Morgan fingerprint density at radius 2 is 2.32 bits per heavy atom. The van der Waals surface area contributed by atoms with Gasteiger partial charge >= 0.3 is 0 Å². The molecule has 0 radical (unpaired) electrons. The molecule has 2 N–H and O–H groups in total. The first-order chi connectivity index (χ1) is 9.06. The molecule has 1 saturated heterocycles. The molecule has 4 atom stereocenters. The topological polar surface area (TPSA) is 67.8 Å². The summed E-state index contributed by atoms with van der Waals surface area (Å²) in [6.45, 7) is 4.96. The standard InChI is InChI=1S/C14H27NO4/c1-4-11(16)7-10(2)14(17)15-9-13-8-12(18-3)5-6-19-13/h10-13,16H,4-9H2,1-3H3,(H,15,17)/t10-,11-,12+,13-/m0/s1. The summed E-state index contributed by atoms with van der Waals surface area (Å²) in [5.41, 5.74) is 0. The summed E-state index contributed by atoms with van der Waals surface area (Å²) in [5.74, 6) is -0.188. The minimum absolute atomic E-state index is 0.0179. The molecule has 112 valence electrons. The van der Waals surface area contributed by atoms with Crippen LogP contribution in [0.15, 0.2) is 0 Å². The normalized spacial score (nSPS) is 26.7. The molecule has 1 rings (SSSR count). The molecule has 1 heterocycles. The van der Waals surface area contributed by atoms with E-state index in [0.29, 0.717) is 26.0 Å². The largest absolute Gasteiger partial charge is 0.393 e. The number of amides is 1. The monoisotopic (exact) mass is 273 g/mol. The number of carbonyl (C=O) groups is 1. The van der Waals surface area contributed by atoms with E-state index in [1.54, 1.807) is 7.11 Å². The van der Waals surface area contributed by atoms with E-state index >= 15 is 0 Å². The maximum absolute atomic E-state index is 11.9. The fourth-order valence-electron chi connectivity index (χ4n) is 2.27. The van der Waals surface area contributed by atoms with Crippen LogP contribution in [0.1, 0.15) is 39.5 Å². The highest BCUT2D eigenvalue weighted by Crippen LogP contribution is 2.16. The van der Waals surface area contributed by atoms with Crippen molar-refractivity contribution in [3.8, 4) is 0 Å². The molecule has 5 nitrogen and oxygen atoms in total. The van der Waals surface area contributed by atoms with Gasteiger partial charge < -0.3 is 19.9 Å². The SMILES string of the molecule is CC[C@H](O)C[C@H](C)C(=O)NC[C@@H]1C[C@H](OC)CCO1. The molecular formula is C14H27NO4. The lowest BCUT2D eigenvalue weighted by molar-refractivity contribution is -0.127. The van der Waals surface area contributed by atoms with Crippen molar-refractivity contribution in [3.05, 3.63) is 0 Å². The van der Waals surface area contributed by atoms with E-state index in [1.807, 2.05) is 13.8 Å². The van der Waals surface area contributed by atoms with Gasteiger partial charge in [0.1, 0.15) is 0 Å². The highest BCUT2D eigenvalue weighted by molar-refractivity contribution is 5.78. The third-order valence-corrected chi connectivity index (χ3v) is 3.70. The van der Waals surface area contributed by atoms with Crippen molar-refractivity contribution in [2.75, 3.05) is 20.3 Å². The summed E-state index contributed by atoms with van der Waals surface area (Å²) in [7, 11) is 1.71. The van der Waals surface area contributed by atoms with Crippen molar-refractivity contribution < 1.29 is 19.4 Å². The van der Waals surface area contributed by atoms with Crippen LogP contribution in [0.2, 0.25) is 0 Å². The van der Waals surface area contributed by atoms with Gasteiger partial charge in [0.15, 0.2) is 0 Å². The average Bonchev–Trinajstić information content (AvgIpc) is 2.44. The Balaban J connectivity index is 2.25. The molecular weight excluding hydrogens is 246 g/mol. The Bertz CT molecular complexity index is 272. The maximum atomic E-state index is 11.9. The summed E-state index contributed by atoms with van der Waals surface area (Å²) in [4.78, 5) is 11.9. The summed E-state index contributed by atoms with van der Waals surface area (Å²) < 4.78 is 10.9. The third kappa shape index (κ3) is 5.89. The Labute approximate surface area is 115 Å². The van der Waals surface area contributed by atoms with Crippen LogP contribution in [0, 0.1) is 5.92 Å². The van der Waals surface area contributed by atoms with E-state index in [-0.39, 0.29) is 24.0 Å². The summed E-state index contributed by atoms with van der Waals surface area (Å²) in [5, 5.41) is 12.4. The maximum Gasteiger partial charge on any atom is 0.223 e. The van der Waals surface area contributed by atoms with Crippen LogP contribution < -0.4 is 5.32 Å². The number of hydrogen-bond donors (Lipinski definition) is 2. The molecule has 0 bridgehead atoms. The first-order valence-electron chi connectivity index (χ1n) is 7.17. The highest BCUT2D eigenvalue weighted by atomic mass is 16.5. The Morgan fingerprint density at radius 1 is 1.58 bits per heavy atom. The van der Waals surface area contributed by atoms with E-state index in [1.165, 1.54) is 0 Å². The fraction of sp³-hybridized carbons (Fsp3) is 0.929. The zero-order valence-corrected chi connectivity index (χ0v) is 12.2. The van der Waals surface area contributed by atoms with Gasteiger partial charge in [0.25, 0.3) is 0 Å². The van der Waals surface area contributed by atoms with Gasteiger partial charge in [-0.15, -0.1) is 0 Å². The van der Waals surface area contributed by atoms with Crippen LogP contribution in [0.4, 0.5) is 0 Å². The van der Waals surface area contributed by atoms with E-state index in [0.717, 1.165) is 12.8 Å². The Hall–Kier alpha value is -0.650. The van der Waals surface area contributed by atoms with Crippen LogP contribution in [0.25, 0.3) is 0 Å². The predicted octanol–water partition coefficient (Wildman–Crippen LogP) is 1.09. The van der Waals surface area contributed by atoms with Crippen LogP contribution >= 0.6 is 0 Å². The number of methoxy groups -OCH3 is 1. The number of carbonyl (C=O) groups excluding carboxylic acids is 1. The number of nitrogens with one attached hydrogen (secondary N) is 1. The zero-order valence-electron chi connectivity index (χ0n) is 12.2. The van der Waals surface area contributed by atoms with Crippen molar-refractivity contribution in [1.29, 1.82) is 0 Å². The molecule has 0 aliphatic carbocycles. The van der Waals surface area contributed by atoms with Crippen molar-refractivity contribution in [2.24, 2.45) is 5.92 Å². The molecule has 1 aliphatic rings. The van der Waals surface area contributed by atoms with E-state index in [9.17, 15) is 9.90 Å². The van der Waals surface area contributed by atoms with E-state index in [2.05, 4.69) is 5.32 Å². The molecule has 5 heteroatoms. The Kier molecular flexibility index (Phi) is 7.34. The number of aliphatic hydroxyl groups is 1. The molecule has 0 aromatic carbocycles. The molecule has 0 aromatic heterocycles. The molecule has 1 aliphatic heterocycles. The van der Waals surface area contributed by atoms with Gasteiger partial charge in [-0.25, -0.2) is 0 Å². The van der Waals surface area contributed by atoms with Crippen molar-refractivity contribution in [2.45, 2.75) is 57.8 Å². The van der Waals surface area contributed by atoms with Gasteiger partial charge in [-0.2, -0.15) is 0 Å². The smallest absolute Gasteiger partial charge is 0.223 e. The quantitative estimate of drug-likeness (QED) is 0.729. The average molecular weight is 273 g/mol. The first-order valence-corrected chi connectivity index (χ1v) is 7.17. The lowest BCUT2D eigenvalue weighted by Crippen LogP contribution is -2.41. The molecule has 1 fully saturated rings. The van der Waals surface area contributed by atoms with Crippen molar-refractivity contribution in [3.63, 3.8) is 0 Å². The highest BCUT2D eigenvalue weighted by Gasteiger charge is 2.24. The van der Waals surface area contributed by atoms with Crippen LogP contribution in [-0.2, 0) is 14.3 Å². The molecule has 0 aromatic rings. The van der Waals surface area contributed by atoms with Gasteiger partial charge in [-0.1, -0.05) is 13.8 Å². The lowest BCUT2D eigenvalue weighted by Gasteiger charge is -2.29. The summed E-state index contributed by atoms with van der Waals surface area (Å²) >= 11 is 0. The predicted molar refractivity (Wildman–Crippen MR) is 72.9 cm³/mol. The van der Waals surface area contributed by atoms with Gasteiger partial charge in [0.05, 0.1) is 18.3 Å². The van der Waals surface area contributed by atoms with Crippen molar-refractivity contribution >= 4 is 5.91 Å². The molecule has 1 amide bonds. The second-order valence-electron chi connectivity index (χ2n) is 5.32. The number of ether oxygens (including phenoxy) is 2. The minimum atomic E-state index is -0.399. The second-order valence-corrected chi connectivity index (χ2v) is 5.32. The fourth-order valence-corrected chi connectivity index (χ4v) is 2.27. The van der Waals surface area contributed by atoms with Crippen molar-refractivity contribution in [1.82, 2.24) is 5.32 Å². The number of rotatable bonds is 7. The number of aliphatic hydroxyl groups excluding tert-OH is 1. The van der Waals surface area contributed by atoms with Crippen LogP contribution in [0.5, 0.6) is 0 Å². The van der Waals surface area contributed by atoms with E-state index < -0.39 is 6.10 Å². The van der Waals surface area contributed by atoms with E-state index in [4.69, 9.17) is 9.47 Å². The van der Waals surface area contributed by atoms with Gasteiger partial charge in [0, 0.05) is 32.6 Å². The second kappa shape index (κ2) is 8.51. The first kappa shape index (κ1) is 16.4. The summed E-state index contributed by atoms with van der Waals surface area (Å²) in [6.07, 6.45) is 2.79. The third-order valence-electron chi connectivity index (χ3n) is 3.70. The molecule has 0 spiro atoms. The molecule has 0 saturated carbocycles. The van der Waals surface area contributed by atoms with Crippen LogP contribution in [-0.4, -0.2) is 49.6 Å². The molecule has 0 unspecified atom stereocenters. The number of hydrogen-bond acceptors (Lipinski definition) is 4. The van der Waals surface area contributed by atoms with Crippen LogP contribution in [0.3, 0.4) is 0 Å². The Morgan fingerprint density at radius 3 is 2.95 bits per heavy atom. The van der Waals surface area contributed by atoms with Gasteiger partial charge in [0.2, 0.25) is 5.91 Å². The lowest BCUT2D eigenvalue weighted by atomic mass is 10.0. The summed E-state index contributed by atoms with van der Waals surface area (Å²) in [6, 6.07) is 0.